The third kappa shape index (κ3) is 4.66. The molecule has 2 aliphatic rings. The molecule has 2 amide bonds. The van der Waals surface area contributed by atoms with Gasteiger partial charge in [-0.1, -0.05) is 6.08 Å². The van der Waals surface area contributed by atoms with Crippen molar-refractivity contribution in [2.45, 2.75) is 24.4 Å². The Labute approximate surface area is 171 Å². The number of nitrogens with one attached hydrogen (secondary N) is 1. The lowest BCUT2D eigenvalue weighted by molar-refractivity contribution is -0.687. The number of allylic oxidation sites excluding steroid dienone is 2. The van der Waals surface area contributed by atoms with Crippen molar-refractivity contribution in [3.63, 3.8) is 0 Å². The van der Waals surface area contributed by atoms with E-state index in [9.17, 15) is 19.5 Å². The first-order valence-electron chi connectivity index (χ1n) is 9.11. The SMILES string of the molecule is N[C@@H]1C(=O)N2C(C(=O)O)=C(C=CC[n+]3ccc(CC(=O)NCCO)cc3)CS[C@H]12. The molecule has 10 heteroatoms. The molecule has 3 rings (SSSR count). The highest BCUT2D eigenvalue weighted by Crippen LogP contribution is 2.39. The number of aromatic nitrogens is 1. The number of nitrogens with two attached hydrogens (primary N) is 1. The van der Waals surface area contributed by atoms with E-state index < -0.39 is 12.0 Å². The zero-order valence-electron chi connectivity index (χ0n) is 15.7. The topological polar surface area (TPSA) is 137 Å². The van der Waals surface area contributed by atoms with Crippen LogP contribution < -0.4 is 15.6 Å². The van der Waals surface area contributed by atoms with E-state index in [-0.39, 0.29) is 42.5 Å². The van der Waals surface area contributed by atoms with Crippen LogP contribution in [0.3, 0.4) is 0 Å². The summed E-state index contributed by atoms with van der Waals surface area (Å²) in [5.41, 5.74) is 7.17. The fraction of sp³-hybridized carbons (Fsp3) is 0.368. The number of aliphatic hydroxyl groups excluding tert-OH is 1. The van der Waals surface area contributed by atoms with Crippen LogP contribution in [0.5, 0.6) is 0 Å². The molecule has 1 saturated heterocycles. The highest BCUT2D eigenvalue weighted by Gasteiger charge is 2.51. The van der Waals surface area contributed by atoms with Gasteiger partial charge in [0.25, 0.3) is 0 Å². The van der Waals surface area contributed by atoms with E-state index in [1.54, 1.807) is 6.08 Å². The number of carboxylic acids is 1. The first-order chi connectivity index (χ1) is 13.9. The first-order valence-corrected chi connectivity index (χ1v) is 10.2. The Morgan fingerprint density at radius 3 is 2.76 bits per heavy atom. The molecule has 0 unspecified atom stereocenters. The molecule has 1 fully saturated rings. The number of pyridine rings is 1. The van der Waals surface area contributed by atoms with Gasteiger partial charge in [0.2, 0.25) is 11.8 Å². The Morgan fingerprint density at radius 2 is 2.10 bits per heavy atom. The molecule has 0 bridgehead atoms. The molecule has 0 spiro atoms. The Hall–Kier alpha value is -2.69. The van der Waals surface area contributed by atoms with Gasteiger partial charge in [-0.25, -0.2) is 9.36 Å². The summed E-state index contributed by atoms with van der Waals surface area (Å²) in [7, 11) is 0. The van der Waals surface area contributed by atoms with Gasteiger partial charge in [-0.2, -0.15) is 0 Å². The van der Waals surface area contributed by atoms with Crippen LogP contribution in [0, 0.1) is 0 Å². The van der Waals surface area contributed by atoms with Gasteiger partial charge in [-0.05, 0) is 17.2 Å². The third-order valence-corrected chi connectivity index (χ3v) is 5.96. The van der Waals surface area contributed by atoms with Crippen LogP contribution in [0.4, 0.5) is 0 Å². The minimum absolute atomic E-state index is 0.00550. The van der Waals surface area contributed by atoms with Crippen molar-refractivity contribution < 1.29 is 29.2 Å². The lowest BCUT2D eigenvalue weighted by Crippen LogP contribution is -2.68. The molecule has 154 valence electrons. The molecule has 5 N–H and O–H groups in total. The summed E-state index contributed by atoms with van der Waals surface area (Å²) in [4.78, 5) is 36.5. The number of aliphatic hydroxyl groups is 1. The summed E-state index contributed by atoms with van der Waals surface area (Å²) in [6.45, 7) is 0.651. The van der Waals surface area contributed by atoms with Gasteiger partial charge in [0.05, 0.1) is 13.0 Å². The van der Waals surface area contributed by atoms with Crippen LogP contribution >= 0.6 is 11.8 Å². The predicted molar refractivity (Wildman–Crippen MR) is 105 cm³/mol. The van der Waals surface area contributed by atoms with E-state index in [2.05, 4.69) is 5.32 Å². The molecule has 2 atom stereocenters. The second-order valence-electron chi connectivity index (χ2n) is 6.67. The van der Waals surface area contributed by atoms with E-state index in [1.807, 2.05) is 35.2 Å². The fourth-order valence-electron chi connectivity index (χ4n) is 3.16. The average Bonchev–Trinajstić information content (AvgIpc) is 2.72. The van der Waals surface area contributed by atoms with Crippen LogP contribution in [0.2, 0.25) is 0 Å². The Balaban J connectivity index is 1.62. The lowest BCUT2D eigenvalue weighted by Gasteiger charge is -2.47. The van der Waals surface area contributed by atoms with Crippen LogP contribution in [0.15, 0.2) is 47.9 Å². The minimum Gasteiger partial charge on any atom is -0.477 e. The molecule has 9 nitrogen and oxygen atoms in total. The normalized spacial score (nSPS) is 21.2. The molecule has 29 heavy (non-hydrogen) atoms. The summed E-state index contributed by atoms with van der Waals surface area (Å²) in [6.07, 6.45) is 7.45. The maximum atomic E-state index is 11.9. The fourth-order valence-corrected chi connectivity index (χ4v) is 4.42. The zero-order chi connectivity index (χ0) is 21.0. The van der Waals surface area contributed by atoms with E-state index in [0.717, 1.165) is 5.56 Å². The monoisotopic (exact) mass is 419 g/mol. The quantitative estimate of drug-likeness (QED) is 0.306. The number of thioether (sulfide) groups is 1. The standard InChI is InChI=1S/C19H22N4O5S/c20-15-17(26)23-16(19(27)28)13(11-29-18(15)23)2-1-6-22-7-3-12(4-8-22)10-14(25)21-5-9-24/h1-4,7-8,15,18,24H,5-6,9-11,20H2,(H-,21,25,27,28)/p+1/t15-,18-/m1/s1. The van der Waals surface area contributed by atoms with Gasteiger partial charge in [0.1, 0.15) is 17.1 Å². The van der Waals surface area contributed by atoms with Crippen molar-refractivity contribution in [1.82, 2.24) is 10.2 Å². The number of aliphatic carboxylic acids is 1. The van der Waals surface area contributed by atoms with Gasteiger partial charge >= 0.3 is 5.97 Å². The maximum Gasteiger partial charge on any atom is 0.352 e. The number of rotatable bonds is 8. The number of carboxylic acid groups (broad SMARTS) is 1. The smallest absolute Gasteiger partial charge is 0.352 e. The molecule has 1 aromatic heterocycles. The van der Waals surface area contributed by atoms with E-state index in [1.165, 1.54) is 16.7 Å². The minimum atomic E-state index is -1.13. The van der Waals surface area contributed by atoms with Gasteiger partial charge < -0.3 is 21.3 Å². The Kier molecular flexibility index (Phi) is 6.68. The molecular weight excluding hydrogens is 396 g/mol. The summed E-state index contributed by atoms with van der Waals surface area (Å²) >= 11 is 1.46. The molecule has 1 aromatic rings. The molecule has 0 aromatic carbocycles. The average molecular weight is 419 g/mol. The zero-order valence-corrected chi connectivity index (χ0v) is 16.5. The number of carbonyl (C=O) groups excluding carboxylic acids is 2. The molecule has 0 radical (unpaired) electrons. The van der Waals surface area contributed by atoms with Gasteiger partial charge in [-0.15, -0.1) is 11.8 Å². The number of hydrogen-bond donors (Lipinski definition) is 4. The largest absolute Gasteiger partial charge is 0.477 e. The number of fused-ring (bicyclic) bond motifs is 1. The van der Waals surface area contributed by atoms with Crippen LogP contribution in [-0.4, -0.2) is 63.2 Å². The molecule has 0 aliphatic carbocycles. The van der Waals surface area contributed by atoms with Gasteiger partial charge in [0.15, 0.2) is 18.9 Å². The van der Waals surface area contributed by atoms with Crippen LogP contribution in [-0.2, 0) is 27.3 Å². The van der Waals surface area contributed by atoms with Crippen LogP contribution in [0.1, 0.15) is 5.56 Å². The van der Waals surface area contributed by atoms with Gasteiger partial charge in [0, 0.05) is 24.4 Å². The third-order valence-electron chi connectivity index (χ3n) is 4.64. The van der Waals surface area contributed by atoms with E-state index in [4.69, 9.17) is 10.8 Å². The number of nitrogens with zero attached hydrogens (tertiary/aromatic N) is 2. The number of amides is 2. The van der Waals surface area contributed by atoms with Crippen molar-refractivity contribution in [1.29, 1.82) is 0 Å². The van der Waals surface area contributed by atoms with Crippen molar-refractivity contribution in [2.75, 3.05) is 18.9 Å². The van der Waals surface area contributed by atoms with Crippen molar-refractivity contribution in [2.24, 2.45) is 5.73 Å². The highest BCUT2D eigenvalue weighted by molar-refractivity contribution is 8.00. The second-order valence-corrected chi connectivity index (χ2v) is 7.78. The predicted octanol–water partition coefficient (Wildman–Crippen LogP) is -1.24. The molecule has 3 heterocycles. The maximum absolute atomic E-state index is 11.9. The Bertz CT molecular complexity index is 868. The first kappa shape index (κ1) is 21.0. The van der Waals surface area contributed by atoms with Crippen molar-refractivity contribution >= 4 is 29.5 Å². The summed E-state index contributed by atoms with van der Waals surface area (Å²) in [5.74, 6) is -1.17. The van der Waals surface area contributed by atoms with Crippen molar-refractivity contribution in [3.8, 4) is 0 Å². The highest BCUT2D eigenvalue weighted by atomic mass is 32.2. The number of hydrogen-bond acceptors (Lipinski definition) is 6. The second kappa shape index (κ2) is 9.21. The molecule has 2 aliphatic heterocycles. The Morgan fingerprint density at radius 1 is 1.38 bits per heavy atom. The number of β-lactam (4-membered cyclic amide) rings is 1. The summed E-state index contributed by atoms with van der Waals surface area (Å²) < 4.78 is 1.89. The molecular formula is C19H23N4O5S+. The summed E-state index contributed by atoms with van der Waals surface area (Å²) in [6, 6.07) is 3.02. The lowest BCUT2D eigenvalue weighted by atomic mass is 10.0. The van der Waals surface area contributed by atoms with Crippen molar-refractivity contribution in [3.05, 3.63) is 53.5 Å². The molecule has 0 saturated carbocycles. The van der Waals surface area contributed by atoms with Crippen LogP contribution in [0.25, 0.3) is 0 Å². The number of carbonyl (C=O) groups is 3. The van der Waals surface area contributed by atoms with Gasteiger partial charge in [-0.3, -0.25) is 14.5 Å². The van der Waals surface area contributed by atoms with E-state index >= 15 is 0 Å². The van der Waals surface area contributed by atoms with E-state index in [0.29, 0.717) is 17.9 Å². The summed E-state index contributed by atoms with van der Waals surface area (Å²) in [5, 5.41) is 20.5.